The number of ether oxygens (including phenoxy) is 1. The highest BCUT2D eigenvalue weighted by Gasteiger charge is 2.29. The van der Waals surface area contributed by atoms with Gasteiger partial charge >= 0.3 is 5.97 Å². The van der Waals surface area contributed by atoms with E-state index in [-0.39, 0.29) is 12.4 Å². The highest BCUT2D eigenvalue weighted by molar-refractivity contribution is 7.86. The van der Waals surface area contributed by atoms with Gasteiger partial charge in [0.2, 0.25) is 0 Å². The number of esters is 1. The maximum Gasteiger partial charge on any atom is 0.305 e. The van der Waals surface area contributed by atoms with Crippen molar-refractivity contribution in [3.63, 3.8) is 0 Å². The molecule has 0 amide bonds. The van der Waals surface area contributed by atoms with E-state index in [4.69, 9.17) is 0 Å². The van der Waals surface area contributed by atoms with Gasteiger partial charge in [-0.1, -0.05) is 6.92 Å². The molecule has 0 unspecified atom stereocenters. The van der Waals surface area contributed by atoms with Gasteiger partial charge < -0.3 is 4.74 Å². The van der Waals surface area contributed by atoms with Crippen molar-refractivity contribution in [2.45, 2.75) is 32.6 Å². The molecule has 0 aliphatic carbocycles. The molecule has 0 aromatic carbocycles. The molecule has 1 fully saturated rings. The van der Waals surface area contributed by atoms with Crippen LogP contribution in [0.1, 0.15) is 32.6 Å². The lowest BCUT2D eigenvalue weighted by Crippen LogP contribution is -2.45. The number of hydrogen-bond donors (Lipinski definition) is 0. The molecule has 112 valence electrons. The Kier molecular flexibility index (Phi) is 6.22. The van der Waals surface area contributed by atoms with Crippen molar-refractivity contribution in [2.24, 2.45) is 5.92 Å². The molecule has 0 radical (unpaired) electrons. The quantitative estimate of drug-likeness (QED) is 0.681. The van der Waals surface area contributed by atoms with Crippen molar-refractivity contribution in [1.29, 1.82) is 0 Å². The predicted octanol–water partition coefficient (Wildman–Crippen LogP) is 0.848. The number of carbonyl (C=O) groups is 1. The third-order valence-electron chi connectivity index (χ3n) is 3.54. The molecule has 0 bridgehead atoms. The Hall–Kier alpha value is -0.660. The lowest BCUT2D eigenvalue weighted by molar-refractivity contribution is -0.140. The summed E-state index contributed by atoms with van der Waals surface area (Å²) in [5.74, 6) is 0.286. The van der Waals surface area contributed by atoms with E-state index in [9.17, 15) is 13.2 Å². The molecule has 0 aromatic heterocycles. The van der Waals surface area contributed by atoms with Crippen LogP contribution in [0.2, 0.25) is 0 Å². The number of rotatable bonds is 6. The summed E-state index contributed by atoms with van der Waals surface area (Å²) in [6.07, 6.45) is 2.55. The zero-order valence-corrected chi connectivity index (χ0v) is 12.8. The number of carbonyl (C=O) groups excluding carboxylic acids is 1. The van der Waals surface area contributed by atoms with Gasteiger partial charge in [0, 0.05) is 33.1 Å². The van der Waals surface area contributed by atoms with Gasteiger partial charge in [0.25, 0.3) is 10.2 Å². The fraction of sp³-hybridized carbons (Fsp3) is 0.917. The monoisotopic (exact) mass is 292 g/mol. The second kappa shape index (κ2) is 7.21. The van der Waals surface area contributed by atoms with E-state index in [1.165, 1.54) is 15.7 Å². The summed E-state index contributed by atoms with van der Waals surface area (Å²) < 4.78 is 31.9. The smallest absolute Gasteiger partial charge is 0.305 e. The Morgan fingerprint density at radius 3 is 2.47 bits per heavy atom. The van der Waals surface area contributed by atoms with Crippen LogP contribution in [0.4, 0.5) is 0 Å². The molecular weight excluding hydrogens is 268 g/mol. The first-order chi connectivity index (χ1) is 8.87. The molecule has 0 atom stereocenters. The van der Waals surface area contributed by atoms with Crippen LogP contribution >= 0.6 is 0 Å². The van der Waals surface area contributed by atoms with E-state index >= 15 is 0 Å². The fourth-order valence-electron chi connectivity index (χ4n) is 2.08. The molecule has 6 nitrogen and oxygen atoms in total. The number of piperidine rings is 1. The first-order valence-corrected chi connectivity index (χ1v) is 8.06. The Bertz CT molecular complexity index is 389. The van der Waals surface area contributed by atoms with E-state index in [1.54, 1.807) is 7.05 Å². The maximum atomic E-state index is 12.3. The van der Waals surface area contributed by atoms with Crippen molar-refractivity contribution in [1.82, 2.24) is 8.61 Å². The molecule has 7 heteroatoms. The molecule has 0 aromatic rings. The first-order valence-electron chi connectivity index (χ1n) is 6.66. The van der Waals surface area contributed by atoms with Crippen LogP contribution in [0, 0.1) is 5.92 Å². The summed E-state index contributed by atoms with van der Waals surface area (Å²) in [6, 6.07) is 0. The van der Waals surface area contributed by atoms with Crippen LogP contribution in [0.25, 0.3) is 0 Å². The standard InChI is InChI=1S/C12H24N2O4S/c1-11-6-9-14(10-7-11)19(16,17)13(2)8-4-5-12(15)18-3/h11H,4-10H2,1-3H3. The van der Waals surface area contributed by atoms with Crippen molar-refractivity contribution in [3.05, 3.63) is 0 Å². The lowest BCUT2D eigenvalue weighted by atomic mass is 10.0. The number of nitrogens with zero attached hydrogens (tertiary/aromatic N) is 2. The summed E-state index contributed by atoms with van der Waals surface area (Å²) >= 11 is 0. The van der Waals surface area contributed by atoms with E-state index in [0.717, 1.165) is 12.8 Å². The average molecular weight is 292 g/mol. The molecular formula is C12H24N2O4S. The molecule has 1 rings (SSSR count). The minimum absolute atomic E-state index is 0.243. The molecule has 0 N–H and O–H groups in total. The zero-order chi connectivity index (χ0) is 14.5. The largest absolute Gasteiger partial charge is 0.469 e. The molecule has 1 aliphatic rings. The van der Waals surface area contributed by atoms with Gasteiger partial charge in [0.15, 0.2) is 0 Å². The Labute approximate surface area is 115 Å². The summed E-state index contributed by atoms with van der Waals surface area (Å²) in [7, 11) is -0.484. The lowest BCUT2D eigenvalue weighted by Gasteiger charge is -2.32. The normalized spacial score (nSPS) is 18.7. The van der Waals surface area contributed by atoms with Gasteiger partial charge in [-0.2, -0.15) is 17.0 Å². The van der Waals surface area contributed by atoms with Crippen LogP contribution < -0.4 is 0 Å². The van der Waals surface area contributed by atoms with E-state index in [2.05, 4.69) is 11.7 Å². The van der Waals surface area contributed by atoms with Crippen LogP contribution in [0.15, 0.2) is 0 Å². The van der Waals surface area contributed by atoms with E-state index in [0.29, 0.717) is 32.0 Å². The Morgan fingerprint density at radius 2 is 1.95 bits per heavy atom. The predicted molar refractivity (Wildman–Crippen MR) is 72.8 cm³/mol. The van der Waals surface area contributed by atoms with Crippen LogP contribution in [0.5, 0.6) is 0 Å². The number of hydrogen-bond acceptors (Lipinski definition) is 4. The van der Waals surface area contributed by atoms with Gasteiger partial charge in [-0.05, 0) is 25.2 Å². The summed E-state index contributed by atoms with van der Waals surface area (Å²) in [5.41, 5.74) is 0. The SMILES string of the molecule is COC(=O)CCCN(C)S(=O)(=O)N1CCC(C)CC1. The van der Waals surface area contributed by atoms with Gasteiger partial charge in [-0.15, -0.1) is 0 Å². The van der Waals surface area contributed by atoms with Crippen LogP contribution in [-0.4, -0.2) is 56.8 Å². The topological polar surface area (TPSA) is 66.9 Å². The van der Waals surface area contributed by atoms with Gasteiger partial charge in [-0.25, -0.2) is 0 Å². The van der Waals surface area contributed by atoms with E-state index in [1.807, 2.05) is 0 Å². The molecule has 1 aliphatic heterocycles. The van der Waals surface area contributed by atoms with Crippen molar-refractivity contribution in [3.8, 4) is 0 Å². The van der Waals surface area contributed by atoms with Crippen LogP contribution in [0.3, 0.4) is 0 Å². The fourth-order valence-corrected chi connectivity index (χ4v) is 3.50. The molecule has 19 heavy (non-hydrogen) atoms. The summed E-state index contributed by atoms with van der Waals surface area (Å²) in [6.45, 7) is 3.66. The van der Waals surface area contributed by atoms with Crippen molar-refractivity contribution >= 4 is 16.2 Å². The van der Waals surface area contributed by atoms with Gasteiger partial charge in [-0.3, -0.25) is 4.79 Å². The maximum absolute atomic E-state index is 12.3. The highest BCUT2D eigenvalue weighted by Crippen LogP contribution is 2.20. The van der Waals surface area contributed by atoms with Gasteiger partial charge in [0.1, 0.15) is 0 Å². The van der Waals surface area contributed by atoms with Crippen molar-refractivity contribution in [2.75, 3.05) is 33.8 Å². The molecule has 1 heterocycles. The highest BCUT2D eigenvalue weighted by atomic mass is 32.2. The molecule has 0 spiro atoms. The Morgan fingerprint density at radius 1 is 1.37 bits per heavy atom. The van der Waals surface area contributed by atoms with Crippen LogP contribution in [-0.2, 0) is 19.7 Å². The second-order valence-corrected chi connectivity index (χ2v) is 7.13. The molecule has 0 saturated carbocycles. The molecule has 1 saturated heterocycles. The second-order valence-electron chi connectivity index (χ2n) is 5.09. The minimum atomic E-state index is -3.38. The summed E-state index contributed by atoms with van der Waals surface area (Å²) in [5, 5.41) is 0. The third kappa shape index (κ3) is 4.74. The first kappa shape index (κ1) is 16.4. The average Bonchev–Trinajstić information content (AvgIpc) is 2.38. The number of methoxy groups -OCH3 is 1. The third-order valence-corrected chi connectivity index (χ3v) is 5.53. The van der Waals surface area contributed by atoms with Crippen molar-refractivity contribution < 1.29 is 17.9 Å². The minimum Gasteiger partial charge on any atom is -0.469 e. The Balaban J connectivity index is 2.45. The zero-order valence-electron chi connectivity index (χ0n) is 12.0. The van der Waals surface area contributed by atoms with E-state index < -0.39 is 10.2 Å². The summed E-state index contributed by atoms with van der Waals surface area (Å²) in [4.78, 5) is 11.0. The van der Waals surface area contributed by atoms with Gasteiger partial charge in [0.05, 0.1) is 7.11 Å².